The van der Waals surface area contributed by atoms with Crippen LogP contribution in [0.4, 0.5) is 4.39 Å². The Morgan fingerprint density at radius 2 is 2.11 bits per heavy atom. The summed E-state index contributed by atoms with van der Waals surface area (Å²) in [6.45, 7) is 2.10. The Labute approximate surface area is 115 Å². The monoisotopic (exact) mass is 283 g/mol. The molecule has 0 amide bonds. The van der Waals surface area contributed by atoms with Crippen LogP contribution in [0.3, 0.4) is 0 Å². The van der Waals surface area contributed by atoms with Crippen LogP contribution in [0.25, 0.3) is 0 Å². The quantitative estimate of drug-likeness (QED) is 0.887. The molecule has 1 aromatic heterocycles. The van der Waals surface area contributed by atoms with Gasteiger partial charge >= 0.3 is 0 Å². The van der Waals surface area contributed by atoms with Gasteiger partial charge in [0.05, 0.1) is 0 Å². The molecule has 1 heterocycles. The van der Waals surface area contributed by atoms with Gasteiger partial charge < -0.3 is 5.73 Å². The summed E-state index contributed by atoms with van der Waals surface area (Å²) in [5.41, 5.74) is 8.03. The van der Waals surface area contributed by atoms with Crippen LogP contribution in [0.15, 0.2) is 29.6 Å². The second-order valence-electron chi connectivity index (χ2n) is 4.21. The molecule has 18 heavy (non-hydrogen) atoms. The first-order valence-electron chi connectivity index (χ1n) is 5.87. The highest BCUT2D eigenvalue weighted by molar-refractivity contribution is 7.10. The zero-order chi connectivity index (χ0) is 13.1. The van der Waals surface area contributed by atoms with Crippen molar-refractivity contribution < 1.29 is 4.39 Å². The molecule has 4 heteroatoms. The summed E-state index contributed by atoms with van der Waals surface area (Å²) in [6, 6.07) is 6.66. The zero-order valence-electron chi connectivity index (χ0n) is 10.1. The van der Waals surface area contributed by atoms with Crippen molar-refractivity contribution in [2.75, 3.05) is 0 Å². The van der Waals surface area contributed by atoms with Crippen molar-refractivity contribution in [3.05, 3.63) is 56.5 Å². The topological polar surface area (TPSA) is 26.0 Å². The summed E-state index contributed by atoms with van der Waals surface area (Å²) < 4.78 is 13.7. The number of nitrogens with two attached hydrogens (primary N) is 1. The summed E-state index contributed by atoms with van der Waals surface area (Å²) in [5, 5.41) is 2.45. The molecule has 0 aliphatic carbocycles. The van der Waals surface area contributed by atoms with Gasteiger partial charge in [-0.05, 0) is 47.5 Å². The molecule has 96 valence electrons. The van der Waals surface area contributed by atoms with Gasteiger partial charge in [0.1, 0.15) is 5.82 Å². The lowest BCUT2D eigenvalue weighted by Gasteiger charge is -2.13. The molecule has 2 N–H and O–H groups in total. The van der Waals surface area contributed by atoms with E-state index in [1.807, 2.05) is 5.38 Å². The van der Waals surface area contributed by atoms with Gasteiger partial charge in [0, 0.05) is 15.9 Å². The molecule has 0 fully saturated rings. The van der Waals surface area contributed by atoms with Crippen LogP contribution >= 0.6 is 22.9 Å². The highest BCUT2D eigenvalue weighted by atomic mass is 35.5. The number of benzene rings is 1. The van der Waals surface area contributed by atoms with Crippen LogP contribution in [0.2, 0.25) is 5.02 Å². The lowest BCUT2D eigenvalue weighted by molar-refractivity contribution is 0.594. The molecule has 0 aliphatic rings. The van der Waals surface area contributed by atoms with Gasteiger partial charge in [-0.15, -0.1) is 11.3 Å². The van der Waals surface area contributed by atoms with E-state index in [0.717, 1.165) is 11.3 Å². The Hall–Kier alpha value is -0.900. The standard InChI is InChI=1S/C14H15ClFNS/c1-2-9-5-6-18-14(9)13(17)7-10-3-4-11(15)8-12(10)16/h3-6,8,13H,2,7,17H2,1H3. The minimum absolute atomic E-state index is 0.157. The highest BCUT2D eigenvalue weighted by Gasteiger charge is 2.14. The Morgan fingerprint density at radius 3 is 2.78 bits per heavy atom. The summed E-state index contributed by atoms with van der Waals surface area (Å²) >= 11 is 7.37. The van der Waals surface area contributed by atoms with Crippen LogP contribution in [0.5, 0.6) is 0 Å². The molecule has 2 aromatic rings. The van der Waals surface area contributed by atoms with Crippen molar-refractivity contribution in [2.24, 2.45) is 5.73 Å². The lowest BCUT2D eigenvalue weighted by Crippen LogP contribution is -2.14. The van der Waals surface area contributed by atoms with E-state index in [-0.39, 0.29) is 11.9 Å². The molecule has 1 nitrogen and oxygen atoms in total. The van der Waals surface area contributed by atoms with E-state index >= 15 is 0 Å². The number of hydrogen-bond donors (Lipinski definition) is 1. The van der Waals surface area contributed by atoms with Crippen molar-refractivity contribution >= 4 is 22.9 Å². The largest absolute Gasteiger partial charge is 0.323 e. The summed E-state index contributed by atoms with van der Waals surface area (Å²) in [7, 11) is 0. The first-order valence-corrected chi connectivity index (χ1v) is 7.13. The third-order valence-corrected chi connectivity index (χ3v) is 4.28. The zero-order valence-corrected chi connectivity index (χ0v) is 11.7. The van der Waals surface area contributed by atoms with E-state index < -0.39 is 0 Å². The first kappa shape index (κ1) is 13.5. The SMILES string of the molecule is CCc1ccsc1C(N)Cc1ccc(Cl)cc1F. The average Bonchev–Trinajstić information content (AvgIpc) is 2.81. The van der Waals surface area contributed by atoms with Crippen molar-refractivity contribution in [2.45, 2.75) is 25.8 Å². The molecule has 0 bridgehead atoms. The maximum absolute atomic E-state index is 13.7. The lowest BCUT2D eigenvalue weighted by atomic mass is 10.0. The van der Waals surface area contributed by atoms with E-state index in [0.29, 0.717) is 17.0 Å². The molecule has 0 aliphatic heterocycles. The fraction of sp³-hybridized carbons (Fsp3) is 0.286. The van der Waals surface area contributed by atoms with Gasteiger partial charge in [0.2, 0.25) is 0 Å². The normalized spacial score (nSPS) is 12.7. The minimum atomic E-state index is -0.285. The van der Waals surface area contributed by atoms with Gasteiger partial charge in [-0.3, -0.25) is 0 Å². The van der Waals surface area contributed by atoms with Gasteiger partial charge in [0.25, 0.3) is 0 Å². The Balaban J connectivity index is 2.18. The van der Waals surface area contributed by atoms with E-state index in [1.165, 1.54) is 11.6 Å². The van der Waals surface area contributed by atoms with E-state index in [9.17, 15) is 4.39 Å². The Morgan fingerprint density at radius 1 is 1.33 bits per heavy atom. The summed E-state index contributed by atoms with van der Waals surface area (Å²) in [6.07, 6.45) is 1.45. The fourth-order valence-electron chi connectivity index (χ4n) is 1.98. The van der Waals surface area contributed by atoms with Gasteiger partial charge in [0.15, 0.2) is 0 Å². The molecule has 0 spiro atoms. The first-order chi connectivity index (χ1) is 8.61. The smallest absolute Gasteiger partial charge is 0.127 e. The molecule has 0 saturated heterocycles. The van der Waals surface area contributed by atoms with Crippen molar-refractivity contribution in [3.8, 4) is 0 Å². The minimum Gasteiger partial charge on any atom is -0.323 e. The number of halogens is 2. The molecule has 1 atom stereocenters. The summed E-state index contributed by atoms with van der Waals surface area (Å²) in [5.74, 6) is -0.285. The molecule has 1 aromatic carbocycles. The van der Waals surface area contributed by atoms with E-state index in [4.69, 9.17) is 17.3 Å². The van der Waals surface area contributed by atoms with Crippen LogP contribution in [0.1, 0.15) is 29.0 Å². The van der Waals surface area contributed by atoms with E-state index in [2.05, 4.69) is 13.0 Å². The van der Waals surface area contributed by atoms with Crippen LogP contribution in [-0.2, 0) is 12.8 Å². The fourth-order valence-corrected chi connectivity index (χ4v) is 3.14. The summed E-state index contributed by atoms with van der Waals surface area (Å²) in [4.78, 5) is 1.15. The second kappa shape index (κ2) is 5.83. The average molecular weight is 284 g/mol. The maximum atomic E-state index is 13.7. The third kappa shape index (κ3) is 2.91. The predicted molar refractivity (Wildman–Crippen MR) is 75.7 cm³/mol. The van der Waals surface area contributed by atoms with Gasteiger partial charge in [-0.1, -0.05) is 24.6 Å². The Bertz CT molecular complexity index is 538. The van der Waals surface area contributed by atoms with Crippen molar-refractivity contribution in [1.82, 2.24) is 0 Å². The maximum Gasteiger partial charge on any atom is 0.127 e. The Kier molecular flexibility index (Phi) is 4.38. The second-order valence-corrected chi connectivity index (χ2v) is 5.59. The van der Waals surface area contributed by atoms with Crippen LogP contribution < -0.4 is 5.73 Å². The third-order valence-electron chi connectivity index (χ3n) is 2.95. The number of rotatable bonds is 4. The number of aryl methyl sites for hydroxylation is 1. The van der Waals surface area contributed by atoms with Gasteiger partial charge in [-0.25, -0.2) is 4.39 Å². The molecule has 0 saturated carbocycles. The van der Waals surface area contributed by atoms with E-state index in [1.54, 1.807) is 23.5 Å². The number of hydrogen-bond acceptors (Lipinski definition) is 2. The molecule has 1 unspecified atom stereocenters. The van der Waals surface area contributed by atoms with Crippen molar-refractivity contribution in [3.63, 3.8) is 0 Å². The van der Waals surface area contributed by atoms with Crippen LogP contribution in [-0.4, -0.2) is 0 Å². The number of thiophene rings is 1. The highest BCUT2D eigenvalue weighted by Crippen LogP contribution is 2.27. The molecular weight excluding hydrogens is 269 g/mol. The van der Waals surface area contributed by atoms with Crippen LogP contribution in [0, 0.1) is 5.82 Å². The van der Waals surface area contributed by atoms with Crippen molar-refractivity contribution in [1.29, 1.82) is 0 Å². The molecule has 2 rings (SSSR count). The predicted octanol–water partition coefficient (Wildman–Crippen LogP) is 4.35. The molecular formula is C14H15ClFNS. The molecule has 0 radical (unpaired) electrons. The van der Waals surface area contributed by atoms with Gasteiger partial charge in [-0.2, -0.15) is 0 Å².